The third-order valence-corrected chi connectivity index (χ3v) is 3.68. The number of rotatable bonds is 7. The molecule has 0 bridgehead atoms. The van der Waals surface area contributed by atoms with Crippen molar-refractivity contribution in [3.8, 4) is 11.5 Å². The lowest BCUT2D eigenvalue weighted by Crippen LogP contribution is -2.02. The zero-order valence-electron chi connectivity index (χ0n) is 13.6. The van der Waals surface area contributed by atoms with Crippen molar-refractivity contribution in [1.82, 2.24) is 0 Å². The molecule has 2 N–H and O–H groups in total. The van der Waals surface area contributed by atoms with Gasteiger partial charge in [-0.1, -0.05) is 11.6 Å². The molecule has 25 heavy (non-hydrogen) atoms. The fourth-order valence-corrected chi connectivity index (χ4v) is 2.28. The summed E-state index contributed by atoms with van der Waals surface area (Å²) in [5.41, 5.74) is 0.877. The standard InChI is InChI=1S/C18H16ClNO5/c1-24-12-5-3-11(4-6-12)16(21)7-8-20-15-10-17(25-2)13(18(22)23)9-14(15)19/h3-10,20H,1-2H3,(H,22,23)/b8-7+. The van der Waals surface area contributed by atoms with Gasteiger partial charge in [-0.3, -0.25) is 4.79 Å². The number of carbonyl (C=O) groups is 2. The average Bonchev–Trinajstić information content (AvgIpc) is 2.62. The van der Waals surface area contributed by atoms with Crippen LogP contribution in [0.25, 0.3) is 0 Å². The number of allylic oxidation sites excluding steroid dienone is 1. The highest BCUT2D eigenvalue weighted by Gasteiger charge is 2.14. The van der Waals surface area contributed by atoms with Gasteiger partial charge in [0.05, 0.1) is 24.9 Å². The maximum absolute atomic E-state index is 12.1. The predicted octanol–water partition coefficient (Wildman–Crippen LogP) is 3.86. The second-order valence-corrected chi connectivity index (χ2v) is 5.32. The van der Waals surface area contributed by atoms with Crippen LogP contribution in [0.3, 0.4) is 0 Å². The summed E-state index contributed by atoms with van der Waals surface area (Å²) in [5, 5.41) is 12.1. The largest absolute Gasteiger partial charge is 0.497 e. The molecule has 0 spiro atoms. The molecule has 2 rings (SSSR count). The van der Waals surface area contributed by atoms with Crippen LogP contribution in [0, 0.1) is 0 Å². The molecule has 0 heterocycles. The number of hydrogen-bond donors (Lipinski definition) is 2. The van der Waals surface area contributed by atoms with E-state index in [4.69, 9.17) is 26.2 Å². The Labute approximate surface area is 149 Å². The molecule has 0 saturated heterocycles. The van der Waals surface area contributed by atoms with E-state index in [1.807, 2.05) is 0 Å². The van der Waals surface area contributed by atoms with Gasteiger partial charge in [0.25, 0.3) is 0 Å². The molecule has 0 unspecified atom stereocenters. The van der Waals surface area contributed by atoms with Crippen LogP contribution in [0.2, 0.25) is 5.02 Å². The Morgan fingerprint density at radius 2 is 1.80 bits per heavy atom. The molecule has 0 saturated carbocycles. The summed E-state index contributed by atoms with van der Waals surface area (Å²) >= 11 is 6.05. The Kier molecular flexibility index (Phi) is 6.03. The van der Waals surface area contributed by atoms with Gasteiger partial charge in [0, 0.05) is 23.9 Å². The minimum Gasteiger partial charge on any atom is -0.497 e. The Hall–Kier alpha value is -2.99. The molecule has 0 aliphatic rings. The highest BCUT2D eigenvalue weighted by Crippen LogP contribution is 2.31. The smallest absolute Gasteiger partial charge is 0.339 e. The number of carboxylic acid groups (broad SMARTS) is 1. The average molecular weight is 362 g/mol. The van der Waals surface area contributed by atoms with E-state index in [0.717, 1.165) is 0 Å². The van der Waals surface area contributed by atoms with Crippen LogP contribution in [0.15, 0.2) is 48.7 Å². The van der Waals surface area contributed by atoms with Crippen LogP contribution in [-0.4, -0.2) is 31.1 Å². The summed E-state index contributed by atoms with van der Waals surface area (Å²) in [7, 11) is 2.91. The van der Waals surface area contributed by atoms with Gasteiger partial charge in [-0.05, 0) is 30.3 Å². The van der Waals surface area contributed by atoms with Gasteiger partial charge in [-0.2, -0.15) is 0 Å². The van der Waals surface area contributed by atoms with Crippen molar-refractivity contribution in [3.05, 3.63) is 64.8 Å². The zero-order valence-corrected chi connectivity index (χ0v) is 14.3. The maximum atomic E-state index is 12.1. The first-order valence-electron chi connectivity index (χ1n) is 7.18. The number of nitrogens with one attached hydrogen (secondary N) is 1. The van der Waals surface area contributed by atoms with Gasteiger partial charge in [0.2, 0.25) is 0 Å². The van der Waals surface area contributed by atoms with Crippen LogP contribution in [0.1, 0.15) is 20.7 Å². The van der Waals surface area contributed by atoms with Crippen molar-refractivity contribution < 1.29 is 24.2 Å². The molecule has 0 radical (unpaired) electrons. The minimum atomic E-state index is -1.14. The van der Waals surface area contributed by atoms with Gasteiger partial charge in [-0.25, -0.2) is 4.79 Å². The normalized spacial score (nSPS) is 10.5. The van der Waals surface area contributed by atoms with E-state index < -0.39 is 5.97 Å². The van der Waals surface area contributed by atoms with Gasteiger partial charge in [0.1, 0.15) is 17.1 Å². The molecule has 130 valence electrons. The highest BCUT2D eigenvalue weighted by molar-refractivity contribution is 6.33. The number of carbonyl (C=O) groups excluding carboxylic acids is 1. The second kappa shape index (κ2) is 8.21. The Morgan fingerprint density at radius 1 is 1.12 bits per heavy atom. The second-order valence-electron chi connectivity index (χ2n) is 4.91. The number of methoxy groups -OCH3 is 2. The molecule has 2 aromatic rings. The van der Waals surface area contributed by atoms with Crippen molar-refractivity contribution in [1.29, 1.82) is 0 Å². The van der Waals surface area contributed by atoms with Gasteiger partial charge in [-0.15, -0.1) is 0 Å². The molecule has 7 heteroatoms. The lowest BCUT2D eigenvalue weighted by Gasteiger charge is -2.10. The molecular weight excluding hydrogens is 346 g/mol. The lowest BCUT2D eigenvalue weighted by atomic mass is 10.1. The third kappa shape index (κ3) is 4.51. The van der Waals surface area contributed by atoms with Gasteiger partial charge in [0.15, 0.2) is 5.78 Å². The Morgan fingerprint density at radius 3 is 2.36 bits per heavy atom. The summed E-state index contributed by atoms with van der Waals surface area (Å²) in [6.45, 7) is 0. The first kappa shape index (κ1) is 18.4. The highest BCUT2D eigenvalue weighted by atomic mass is 35.5. The SMILES string of the molecule is COc1ccc(C(=O)/C=C/Nc2cc(OC)c(C(=O)O)cc2Cl)cc1. The number of halogens is 1. The number of ether oxygens (including phenoxy) is 2. The van der Waals surface area contributed by atoms with Crippen LogP contribution < -0.4 is 14.8 Å². The van der Waals surface area contributed by atoms with Crippen molar-refractivity contribution in [2.24, 2.45) is 0 Å². The molecular formula is C18H16ClNO5. The summed E-state index contributed by atoms with van der Waals surface area (Å²) in [6, 6.07) is 9.44. The fourth-order valence-electron chi connectivity index (χ4n) is 2.06. The number of carboxylic acids is 1. The molecule has 0 atom stereocenters. The topological polar surface area (TPSA) is 84.9 Å². The Balaban J connectivity index is 2.13. The van der Waals surface area contributed by atoms with Gasteiger partial charge < -0.3 is 19.9 Å². The molecule has 0 aromatic heterocycles. The van der Waals surface area contributed by atoms with Crippen LogP contribution >= 0.6 is 11.6 Å². The summed E-state index contributed by atoms with van der Waals surface area (Å²) in [5.74, 6) is -0.527. The molecule has 0 aliphatic carbocycles. The van der Waals surface area contributed by atoms with E-state index in [9.17, 15) is 9.59 Å². The van der Waals surface area contributed by atoms with Crippen molar-refractivity contribution in [3.63, 3.8) is 0 Å². The zero-order chi connectivity index (χ0) is 18.4. The lowest BCUT2D eigenvalue weighted by molar-refractivity contribution is 0.0693. The molecule has 2 aromatic carbocycles. The molecule has 0 amide bonds. The number of hydrogen-bond acceptors (Lipinski definition) is 5. The fraction of sp³-hybridized carbons (Fsp3) is 0.111. The van der Waals surface area contributed by atoms with Crippen molar-refractivity contribution >= 4 is 29.0 Å². The minimum absolute atomic E-state index is 0.0451. The van der Waals surface area contributed by atoms with Crippen LogP contribution in [0.4, 0.5) is 5.69 Å². The third-order valence-electron chi connectivity index (χ3n) is 3.37. The molecule has 0 aliphatic heterocycles. The Bertz CT molecular complexity index is 815. The number of aromatic carboxylic acids is 1. The predicted molar refractivity (Wildman–Crippen MR) is 95.1 cm³/mol. The summed E-state index contributed by atoms with van der Waals surface area (Å²) < 4.78 is 10.1. The van der Waals surface area contributed by atoms with Gasteiger partial charge >= 0.3 is 5.97 Å². The van der Waals surface area contributed by atoms with Crippen LogP contribution in [0.5, 0.6) is 11.5 Å². The monoisotopic (exact) mass is 361 g/mol. The van der Waals surface area contributed by atoms with E-state index in [-0.39, 0.29) is 22.1 Å². The summed E-state index contributed by atoms with van der Waals surface area (Å²) in [6.07, 6.45) is 2.77. The van der Waals surface area contributed by atoms with E-state index >= 15 is 0 Å². The first-order valence-corrected chi connectivity index (χ1v) is 7.56. The van der Waals surface area contributed by atoms with Crippen molar-refractivity contribution in [2.45, 2.75) is 0 Å². The van der Waals surface area contributed by atoms with E-state index in [1.165, 1.54) is 31.5 Å². The number of benzene rings is 2. The van der Waals surface area contributed by atoms with E-state index in [1.54, 1.807) is 31.4 Å². The maximum Gasteiger partial charge on any atom is 0.339 e. The summed E-state index contributed by atoms with van der Waals surface area (Å²) in [4.78, 5) is 23.2. The molecule has 0 fully saturated rings. The number of anilines is 1. The number of ketones is 1. The van der Waals surface area contributed by atoms with E-state index in [0.29, 0.717) is 17.0 Å². The van der Waals surface area contributed by atoms with Crippen LogP contribution in [-0.2, 0) is 0 Å². The quantitative estimate of drug-likeness (QED) is 0.575. The molecule has 6 nitrogen and oxygen atoms in total. The van der Waals surface area contributed by atoms with Crippen molar-refractivity contribution in [2.75, 3.05) is 19.5 Å². The first-order chi connectivity index (χ1) is 12.0. The van der Waals surface area contributed by atoms with E-state index in [2.05, 4.69) is 5.32 Å².